The molecule has 0 unspecified atom stereocenters. The summed E-state index contributed by atoms with van der Waals surface area (Å²) in [4.78, 5) is 15.2. The third-order valence-corrected chi connectivity index (χ3v) is 20.1. The summed E-state index contributed by atoms with van der Waals surface area (Å²) in [6, 6.07) is 81.5. The molecular formula is C93H96N6. The minimum Gasteiger partial charge on any atom is -0.299 e. The van der Waals surface area contributed by atoms with Gasteiger partial charge in [-0.15, -0.1) is 0 Å². The monoisotopic (exact) mass is 1300 g/mol. The van der Waals surface area contributed by atoms with E-state index in [1.54, 1.807) is 0 Å². The molecule has 6 nitrogen and oxygen atoms in total. The Morgan fingerprint density at radius 2 is 0.485 bits per heavy atom. The molecule has 0 bridgehead atoms. The zero-order valence-electron chi connectivity index (χ0n) is 60.1. The fourth-order valence-electron chi connectivity index (χ4n) is 15.1. The van der Waals surface area contributed by atoms with Gasteiger partial charge in [0.2, 0.25) is 0 Å². The van der Waals surface area contributed by atoms with Gasteiger partial charge in [0.25, 0.3) is 0 Å². The van der Waals surface area contributed by atoms with E-state index in [1.807, 2.05) is 18.6 Å². The second-order valence-electron chi connectivity index (χ2n) is 29.0. The molecule has 3 heterocycles. The van der Waals surface area contributed by atoms with Crippen LogP contribution in [0.1, 0.15) is 185 Å². The van der Waals surface area contributed by atoms with Gasteiger partial charge in [0, 0.05) is 53.9 Å². The topological polar surface area (TPSA) is 53.5 Å². The molecule has 0 atom stereocenters. The van der Waals surface area contributed by atoms with Crippen molar-refractivity contribution in [3.8, 4) is 84.6 Å². The molecule has 99 heavy (non-hydrogen) atoms. The van der Waals surface area contributed by atoms with Gasteiger partial charge in [0.15, 0.2) is 0 Å². The lowest BCUT2D eigenvalue weighted by Crippen LogP contribution is -2.09. The Kier molecular flexibility index (Phi) is 20.4. The first-order valence-electron chi connectivity index (χ1n) is 36.3. The van der Waals surface area contributed by atoms with E-state index in [0.717, 1.165) is 72.7 Å². The first-order valence-corrected chi connectivity index (χ1v) is 36.3. The number of rotatable bonds is 24. The summed E-state index contributed by atoms with van der Waals surface area (Å²) in [7, 11) is 0. The Morgan fingerprint density at radius 1 is 0.242 bits per heavy atom. The van der Waals surface area contributed by atoms with Crippen LogP contribution in [0.5, 0.6) is 0 Å². The summed E-state index contributed by atoms with van der Waals surface area (Å²) in [5, 5.41) is 0. The second kappa shape index (κ2) is 29.9. The molecule has 6 heteroatoms. The molecule has 0 aliphatic heterocycles. The summed E-state index contributed by atoms with van der Waals surface area (Å²) in [6.07, 6.45) is 18.0. The lowest BCUT2D eigenvalue weighted by Gasteiger charge is -2.25. The first-order chi connectivity index (χ1) is 48.1. The van der Waals surface area contributed by atoms with Gasteiger partial charge in [-0.05, 0) is 174 Å². The Morgan fingerprint density at radius 3 is 0.717 bits per heavy atom. The standard InChI is InChI=1S/C93H96N6/c1-61(2)79-46-49-82(73-22-16-13-17-23-73)85(64(7)8)88(79)97-55-52-94-91(97)76-40-34-67(35-41-76)28-31-70-58-71(32-29-68-36-42-77(43-37-68)92-95-53-56-98(92)89-80(62(3)4)47-50-83(86(89)65(9)10)74-24-18-14-19-25-74)60-72(59-70)33-30-69-38-44-78(45-39-69)93-96-54-57-99(93)90-81(63(5)6)48-51-84(87(90)66(11)12)75-26-20-15-21-27-75/h13-27,34-66H,28-33H2,1-12H3. The zero-order chi connectivity index (χ0) is 68.8. The van der Waals surface area contributed by atoms with E-state index in [9.17, 15) is 0 Å². The summed E-state index contributed by atoms with van der Waals surface area (Å²) in [6.45, 7) is 27.7. The number of imidazole rings is 3. The highest BCUT2D eigenvalue weighted by Gasteiger charge is 2.27. The lowest BCUT2D eigenvalue weighted by atomic mass is 9.86. The zero-order valence-corrected chi connectivity index (χ0v) is 60.1. The number of nitrogens with zero attached hydrogens (tertiary/aromatic N) is 6. The van der Waals surface area contributed by atoms with E-state index in [1.165, 1.54) is 117 Å². The molecule has 0 radical (unpaired) electrons. The van der Waals surface area contributed by atoms with E-state index in [0.29, 0.717) is 35.5 Å². The molecule has 0 fully saturated rings. The molecule has 3 aromatic heterocycles. The highest BCUT2D eigenvalue weighted by atomic mass is 15.1. The van der Waals surface area contributed by atoms with Crippen LogP contribution in [0.15, 0.2) is 256 Å². The quantitative estimate of drug-likeness (QED) is 0.0606. The predicted molar refractivity (Wildman–Crippen MR) is 417 cm³/mol. The summed E-state index contributed by atoms with van der Waals surface area (Å²) >= 11 is 0. The maximum atomic E-state index is 5.06. The van der Waals surface area contributed by atoms with Crippen LogP contribution in [0, 0.1) is 0 Å². The van der Waals surface area contributed by atoms with Gasteiger partial charge < -0.3 is 0 Å². The van der Waals surface area contributed by atoms with Crippen LogP contribution in [0.3, 0.4) is 0 Å². The van der Waals surface area contributed by atoms with E-state index >= 15 is 0 Å². The van der Waals surface area contributed by atoms with Crippen LogP contribution in [0.4, 0.5) is 0 Å². The largest absolute Gasteiger partial charge is 0.299 e. The number of hydrogen-bond acceptors (Lipinski definition) is 3. The molecule has 0 amide bonds. The number of benzene rings is 10. The lowest BCUT2D eigenvalue weighted by molar-refractivity contribution is 0.808. The SMILES string of the molecule is CC(C)c1ccc(-c2ccccc2)c(C(C)C)c1-n1ccnc1-c1ccc(CCc2cc(CCc3ccc(-c4nccn4-c4c(C(C)C)ccc(-c5ccccc5)c4C(C)C)cc3)cc(CCc3ccc(-c4nccn4-c4c(C(C)C)ccc(-c5ccccc5)c4C(C)C)cc3)c2)cc1. The van der Waals surface area contributed by atoms with Gasteiger partial charge >= 0.3 is 0 Å². The van der Waals surface area contributed by atoms with Gasteiger partial charge in [-0.25, -0.2) is 15.0 Å². The van der Waals surface area contributed by atoms with Gasteiger partial charge in [0.05, 0.1) is 17.1 Å². The molecule has 0 aliphatic carbocycles. The van der Waals surface area contributed by atoms with E-state index in [4.69, 9.17) is 15.0 Å². The highest BCUT2D eigenvalue weighted by Crippen LogP contribution is 2.44. The van der Waals surface area contributed by atoms with E-state index < -0.39 is 0 Å². The second-order valence-corrected chi connectivity index (χ2v) is 29.0. The van der Waals surface area contributed by atoms with E-state index in [-0.39, 0.29) is 0 Å². The minimum atomic E-state index is 0.299. The normalized spacial score (nSPS) is 11.8. The maximum absolute atomic E-state index is 5.06. The van der Waals surface area contributed by atoms with Crippen molar-refractivity contribution in [2.24, 2.45) is 0 Å². The van der Waals surface area contributed by atoms with Crippen LogP contribution < -0.4 is 0 Å². The molecule has 0 saturated carbocycles. The van der Waals surface area contributed by atoms with Crippen LogP contribution >= 0.6 is 0 Å². The molecule has 498 valence electrons. The molecule has 0 N–H and O–H groups in total. The van der Waals surface area contributed by atoms with Gasteiger partial charge in [-0.1, -0.05) is 301 Å². The molecular weight excluding hydrogens is 1200 g/mol. The highest BCUT2D eigenvalue weighted by molar-refractivity contribution is 5.79. The third-order valence-electron chi connectivity index (χ3n) is 20.1. The van der Waals surface area contributed by atoms with Crippen LogP contribution in [-0.2, 0) is 38.5 Å². The van der Waals surface area contributed by atoms with Crippen LogP contribution in [-0.4, -0.2) is 28.7 Å². The number of aryl methyl sites for hydroxylation is 6. The summed E-state index contributed by atoms with van der Waals surface area (Å²) < 4.78 is 7.05. The average Bonchev–Trinajstić information content (AvgIpc) is 1.72. The Labute approximate surface area is 589 Å². The molecule has 13 aromatic rings. The van der Waals surface area contributed by atoms with Crippen molar-refractivity contribution < 1.29 is 0 Å². The Balaban J connectivity index is 0.775. The number of hydrogen-bond donors (Lipinski definition) is 0. The predicted octanol–water partition coefficient (Wildman–Crippen LogP) is 24.3. The minimum absolute atomic E-state index is 0.299. The Bertz CT molecular complexity index is 4360. The van der Waals surface area contributed by atoms with Crippen LogP contribution in [0.2, 0.25) is 0 Å². The summed E-state index contributed by atoms with van der Waals surface area (Å²) in [5.41, 5.74) is 30.8. The third kappa shape index (κ3) is 14.4. The fraction of sp³-hybridized carbons (Fsp3) is 0.258. The summed E-state index contributed by atoms with van der Waals surface area (Å²) in [5.74, 6) is 4.79. The van der Waals surface area contributed by atoms with Crippen molar-refractivity contribution in [3.05, 3.63) is 322 Å². The van der Waals surface area contributed by atoms with Crippen molar-refractivity contribution in [3.63, 3.8) is 0 Å². The van der Waals surface area contributed by atoms with Crippen molar-refractivity contribution in [2.45, 2.75) is 157 Å². The molecule has 0 saturated heterocycles. The molecule has 13 rings (SSSR count). The fourth-order valence-corrected chi connectivity index (χ4v) is 15.1. The Hall–Kier alpha value is -10.2. The van der Waals surface area contributed by atoms with Gasteiger partial charge in [0.1, 0.15) is 17.5 Å². The average molecular weight is 1300 g/mol. The van der Waals surface area contributed by atoms with Crippen molar-refractivity contribution >= 4 is 0 Å². The number of aromatic nitrogens is 6. The van der Waals surface area contributed by atoms with Gasteiger partial charge in [-0.3, -0.25) is 13.7 Å². The van der Waals surface area contributed by atoms with Crippen molar-refractivity contribution in [1.82, 2.24) is 28.7 Å². The molecule has 0 aliphatic rings. The van der Waals surface area contributed by atoms with Gasteiger partial charge in [-0.2, -0.15) is 0 Å². The molecule has 10 aromatic carbocycles. The van der Waals surface area contributed by atoms with E-state index in [2.05, 4.69) is 334 Å². The van der Waals surface area contributed by atoms with Crippen molar-refractivity contribution in [1.29, 1.82) is 0 Å². The van der Waals surface area contributed by atoms with Crippen LogP contribution in [0.25, 0.3) is 84.6 Å². The first kappa shape index (κ1) is 67.4. The molecule has 0 spiro atoms. The smallest absolute Gasteiger partial charge is 0.144 e. The maximum Gasteiger partial charge on any atom is 0.144 e. The van der Waals surface area contributed by atoms with Crippen molar-refractivity contribution in [2.75, 3.05) is 0 Å².